The summed E-state index contributed by atoms with van der Waals surface area (Å²) >= 11 is 0. The Bertz CT molecular complexity index is 253. The number of rotatable bonds is 5. The first-order valence-corrected chi connectivity index (χ1v) is 5.26. The minimum Gasteiger partial charge on any atom is -0.344 e. The van der Waals surface area contributed by atoms with Crippen molar-refractivity contribution >= 4 is 5.91 Å². The fourth-order valence-corrected chi connectivity index (χ4v) is 1.38. The topological polar surface area (TPSA) is 70.1 Å². The van der Waals surface area contributed by atoms with Crippen LogP contribution < -0.4 is 5.73 Å². The Labute approximate surface area is 92.0 Å². The van der Waals surface area contributed by atoms with Gasteiger partial charge >= 0.3 is 0 Å². The Balaban J connectivity index is 4.51. The molecule has 1 amide bonds. The molecule has 2 atom stereocenters. The van der Waals surface area contributed by atoms with Gasteiger partial charge in [-0.05, 0) is 20.3 Å². The quantitative estimate of drug-likeness (QED) is 0.737. The SMILES string of the molecule is CCC(C)(CN)C(=O)N(C)CC(C)C#N. The van der Waals surface area contributed by atoms with Crippen molar-refractivity contribution in [2.45, 2.75) is 27.2 Å². The molecule has 0 spiro atoms. The zero-order valence-electron chi connectivity index (χ0n) is 10.1. The molecule has 0 rings (SSSR count). The number of nitrogens with zero attached hydrogens (tertiary/aromatic N) is 2. The summed E-state index contributed by atoms with van der Waals surface area (Å²) in [6.45, 7) is 6.42. The lowest BCUT2D eigenvalue weighted by Gasteiger charge is -2.31. The van der Waals surface area contributed by atoms with Crippen LogP contribution in [0.5, 0.6) is 0 Å². The first-order chi connectivity index (χ1) is 6.91. The molecule has 4 heteroatoms. The molecule has 0 aliphatic heterocycles. The molecule has 0 aromatic heterocycles. The smallest absolute Gasteiger partial charge is 0.229 e. The van der Waals surface area contributed by atoms with E-state index < -0.39 is 5.41 Å². The van der Waals surface area contributed by atoms with Gasteiger partial charge in [0.2, 0.25) is 5.91 Å². The second kappa shape index (κ2) is 5.72. The van der Waals surface area contributed by atoms with Gasteiger partial charge in [0.1, 0.15) is 0 Å². The maximum Gasteiger partial charge on any atom is 0.229 e. The number of carbonyl (C=O) groups excluding carboxylic acids is 1. The van der Waals surface area contributed by atoms with Gasteiger partial charge in [-0.1, -0.05) is 6.92 Å². The monoisotopic (exact) mass is 211 g/mol. The van der Waals surface area contributed by atoms with Crippen LogP contribution in [0.4, 0.5) is 0 Å². The molecule has 0 aliphatic carbocycles. The van der Waals surface area contributed by atoms with Gasteiger partial charge < -0.3 is 10.6 Å². The molecule has 15 heavy (non-hydrogen) atoms. The summed E-state index contributed by atoms with van der Waals surface area (Å²) in [5.41, 5.74) is 5.11. The van der Waals surface area contributed by atoms with Crippen LogP contribution >= 0.6 is 0 Å². The molecule has 0 saturated carbocycles. The lowest BCUT2D eigenvalue weighted by Crippen LogP contribution is -2.45. The summed E-state index contributed by atoms with van der Waals surface area (Å²) in [5.74, 6) is -0.118. The third kappa shape index (κ3) is 3.52. The lowest BCUT2D eigenvalue weighted by molar-refractivity contribution is -0.139. The van der Waals surface area contributed by atoms with Gasteiger partial charge in [0, 0.05) is 20.1 Å². The van der Waals surface area contributed by atoms with Crippen molar-refractivity contribution in [2.24, 2.45) is 17.1 Å². The van der Waals surface area contributed by atoms with Crippen LogP contribution in [0.3, 0.4) is 0 Å². The molecule has 0 bridgehead atoms. The number of carbonyl (C=O) groups is 1. The first kappa shape index (κ1) is 13.9. The minimum absolute atomic E-state index is 0.0228. The highest BCUT2D eigenvalue weighted by Crippen LogP contribution is 2.22. The molecule has 2 unspecified atom stereocenters. The highest BCUT2D eigenvalue weighted by atomic mass is 16.2. The van der Waals surface area contributed by atoms with E-state index >= 15 is 0 Å². The van der Waals surface area contributed by atoms with Gasteiger partial charge in [0.25, 0.3) is 0 Å². The maximum atomic E-state index is 12.0. The molecule has 86 valence electrons. The van der Waals surface area contributed by atoms with Crippen molar-refractivity contribution in [3.8, 4) is 6.07 Å². The molecule has 4 nitrogen and oxygen atoms in total. The van der Waals surface area contributed by atoms with E-state index in [1.54, 1.807) is 18.9 Å². The van der Waals surface area contributed by atoms with Gasteiger partial charge in [-0.15, -0.1) is 0 Å². The molecule has 0 saturated heterocycles. The van der Waals surface area contributed by atoms with Gasteiger partial charge in [-0.25, -0.2) is 0 Å². The zero-order chi connectivity index (χ0) is 12.1. The highest BCUT2D eigenvalue weighted by Gasteiger charge is 2.32. The Hall–Kier alpha value is -1.08. The second-order valence-electron chi connectivity index (χ2n) is 4.33. The van der Waals surface area contributed by atoms with Gasteiger partial charge in [0.05, 0.1) is 17.4 Å². The zero-order valence-corrected chi connectivity index (χ0v) is 10.1. The van der Waals surface area contributed by atoms with Crippen molar-refractivity contribution in [3.63, 3.8) is 0 Å². The van der Waals surface area contributed by atoms with Gasteiger partial charge in [0.15, 0.2) is 0 Å². The molecule has 0 aromatic carbocycles. The van der Waals surface area contributed by atoms with Crippen LogP contribution in [0.25, 0.3) is 0 Å². The van der Waals surface area contributed by atoms with E-state index in [9.17, 15) is 4.79 Å². The summed E-state index contributed by atoms with van der Waals surface area (Å²) in [6.07, 6.45) is 0.716. The molecular weight excluding hydrogens is 190 g/mol. The number of amides is 1. The minimum atomic E-state index is -0.496. The fraction of sp³-hybridized carbons (Fsp3) is 0.818. The van der Waals surface area contributed by atoms with E-state index in [2.05, 4.69) is 6.07 Å². The standard InChI is InChI=1S/C11H21N3O/c1-5-11(3,8-13)10(15)14(4)7-9(2)6-12/h9H,5,7-8,13H2,1-4H3. The summed E-state index contributed by atoms with van der Waals surface area (Å²) in [7, 11) is 1.72. The number of hydrogen-bond acceptors (Lipinski definition) is 3. The van der Waals surface area contributed by atoms with Crippen LogP contribution in [0.1, 0.15) is 27.2 Å². The van der Waals surface area contributed by atoms with Crippen LogP contribution in [-0.2, 0) is 4.79 Å². The summed E-state index contributed by atoms with van der Waals surface area (Å²) in [5, 5.41) is 8.67. The Morgan fingerprint density at radius 3 is 2.53 bits per heavy atom. The number of nitriles is 1. The largest absolute Gasteiger partial charge is 0.344 e. The van der Waals surface area contributed by atoms with Crippen molar-refractivity contribution < 1.29 is 4.79 Å². The fourth-order valence-electron chi connectivity index (χ4n) is 1.38. The summed E-state index contributed by atoms with van der Waals surface area (Å²) in [4.78, 5) is 13.6. The van der Waals surface area contributed by atoms with Gasteiger partial charge in [-0.2, -0.15) is 5.26 Å². The molecule has 0 aliphatic rings. The lowest BCUT2D eigenvalue weighted by atomic mass is 9.86. The highest BCUT2D eigenvalue weighted by molar-refractivity contribution is 5.82. The number of hydrogen-bond donors (Lipinski definition) is 1. The van der Waals surface area contributed by atoms with E-state index in [1.165, 1.54) is 0 Å². The molecule has 2 N–H and O–H groups in total. The molecular formula is C11H21N3O. The predicted molar refractivity (Wildman–Crippen MR) is 59.9 cm³/mol. The van der Waals surface area contributed by atoms with E-state index in [0.29, 0.717) is 19.5 Å². The van der Waals surface area contributed by atoms with Crippen LogP contribution in [-0.4, -0.2) is 30.9 Å². The average molecular weight is 211 g/mol. The number of nitrogens with two attached hydrogens (primary N) is 1. The predicted octanol–water partition coefficient (Wildman–Crippen LogP) is 0.979. The van der Waals surface area contributed by atoms with Crippen LogP contribution in [0.15, 0.2) is 0 Å². The molecule has 0 radical (unpaired) electrons. The van der Waals surface area contributed by atoms with E-state index in [4.69, 9.17) is 11.0 Å². The molecule has 0 fully saturated rings. The first-order valence-electron chi connectivity index (χ1n) is 5.26. The van der Waals surface area contributed by atoms with E-state index in [1.807, 2.05) is 13.8 Å². The summed E-state index contributed by atoms with van der Waals surface area (Å²) < 4.78 is 0. The summed E-state index contributed by atoms with van der Waals surface area (Å²) in [6, 6.07) is 2.11. The second-order valence-corrected chi connectivity index (χ2v) is 4.33. The van der Waals surface area contributed by atoms with Crippen molar-refractivity contribution in [2.75, 3.05) is 20.1 Å². The van der Waals surface area contributed by atoms with Crippen molar-refractivity contribution in [1.82, 2.24) is 4.90 Å². The van der Waals surface area contributed by atoms with Crippen molar-refractivity contribution in [3.05, 3.63) is 0 Å². The normalized spacial score (nSPS) is 16.3. The molecule has 0 heterocycles. The molecule has 0 aromatic rings. The average Bonchev–Trinajstić information content (AvgIpc) is 2.26. The Kier molecular flexibility index (Phi) is 5.31. The van der Waals surface area contributed by atoms with Crippen LogP contribution in [0, 0.1) is 22.7 Å². The third-order valence-corrected chi connectivity index (χ3v) is 2.86. The van der Waals surface area contributed by atoms with E-state index in [-0.39, 0.29) is 11.8 Å². The van der Waals surface area contributed by atoms with Crippen molar-refractivity contribution in [1.29, 1.82) is 5.26 Å². The van der Waals surface area contributed by atoms with Crippen LogP contribution in [0.2, 0.25) is 0 Å². The van der Waals surface area contributed by atoms with Gasteiger partial charge in [-0.3, -0.25) is 4.79 Å². The Morgan fingerprint density at radius 2 is 2.20 bits per heavy atom. The third-order valence-electron chi connectivity index (χ3n) is 2.86. The van der Waals surface area contributed by atoms with E-state index in [0.717, 1.165) is 0 Å². The Morgan fingerprint density at radius 1 is 1.67 bits per heavy atom. The maximum absolute atomic E-state index is 12.0.